The van der Waals surface area contributed by atoms with Gasteiger partial charge in [0.2, 0.25) is 0 Å². The van der Waals surface area contributed by atoms with E-state index in [0.29, 0.717) is 0 Å². The van der Waals surface area contributed by atoms with Crippen molar-refractivity contribution in [2.24, 2.45) is 0 Å². The predicted molar refractivity (Wildman–Crippen MR) is 48.8 cm³/mol. The van der Waals surface area contributed by atoms with Crippen LogP contribution in [0.5, 0.6) is 5.75 Å². The Labute approximate surface area is 86.7 Å². The summed E-state index contributed by atoms with van der Waals surface area (Å²) in [6.45, 7) is 0. The van der Waals surface area contributed by atoms with Crippen molar-refractivity contribution >= 4 is 35.7 Å². The van der Waals surface area contributed by atoms with Gasteiger partial charge in [0, 0.05) is 10.7 Å². The molecule has 13 heavy (non-hydrogen) atoms. The molecule has 0 heterocycles. The maximum atomic E-state index is 12.7. The number of benzene rings is 1. The average Bonchev–Trinajstić information content (AvgIpc) is 1.98. The Morgan fingerprint density at radius 3 is 2.46 bits per heavy atom. The van der Waals surface area contributed by atoms with Gasteiger partial charge >= 0.3 is 0 Å². The molecule has 1 aromatic rings. The van der Waals surface area contributed by atoms with Gasteiger partial charge in [0.15, 0.2) is 5.75 Å². The summed E-state index contributed by atoms with van der Waals surface area (Å²) in [6.07, 6.45) is 0. The second-order valence-corrected chi connectivity index (χ2v) is 5.47. The molecule has 0 aliphatic rings. The molecule has 0 aliphatic carbocycles. The van der Waals surface area contributed by atoms with Crippen LogP contribution in [0.3, 0.4) is 0 Å². The van der Waals surface area contributed by atoms with Crippen LogP contribution in [0.25, 0.3) is 0 Å². The molecule has 0 radical (unpaired) electrons. The van der Waals surface area contributed by atoms with Crippen molar-refractivity contribution in [3.05, 3.63) is 22.4 Å². The fraction of sp³-hybridized carbons (Fsp3) is 0. The van der Waals surface area contributed by atoms with Crippen molar-refractivity contribution in [1.29, 1.82) is 0 Å². The summed E-state index contributed by atoms with van der Waals surface area (Å²) in [4.78, 5) is -0.526. The molecule has 0 amide bonds. The molecule has 0 atom stereocenters. The Morgan fingerprint density at radius 1 is 1.46 bits per heavy atom. The summed E-state index contributed by atoms with van der Waals surface area (Å²) >= 11 is 2.67. The summed E-state index contributed by atoms with van der Waals surface area (Å²) < 4.78 is 33.9. The number of halogens is 3. The molecule has 0 bridgehead atoms. The Bertz CT molecular complexity index is 445. The summed E-state index contributed by atoms with van der Waals surface area (Å²) in [5.41, 5.74) is 0. The molecular formula is C6H3BrClFO3S. The zero-order valence-corrected chi connectivity index (χ0v) is 9.12. The lowest BCUT2D eigenvalue weighted by atomic mass is 10.3. The standard InChI is InChI=1S/C6H3BrClFO3S/c7-5-3(9)1-2-4(6(5)10)13(8,11)12/h1-2,10H. The SMILES string of the molecule is O=S(=O)(Cl)c1ccc(F)c(Br)c1O. The van der Waals surface area contributed by atoms with Crippen LogP contribution >= 0.6 is 26.6 Å². The molecule has 0 spiro atoms. The van der Waals surface area contributed by atoms with Gasteiger partial charge in [-0.1, -0.05) is 0 Å². The number of hydrogen-bond acceptors (Lipinski definition) is 3. The topological polar surface area (TPSA) is 54.4 Å². The first-order valence-electron chi connectivity index (χ1n) is 2.95. The molecule has 0 aliphatic heterocycles. The molecule has 0 unspecified atom stereocenters. The number of hydrogen-bond donors (Lipinski definition) is 1. The van der Waals surface area contributed by atoms with Gasteiger partial charge < -0.3 is 5.11 Å². The Morgan fingerprint density at radius 2 is 2.00 bits per heavy atom. The fourth-order valence-corrected chi connectivity index (χ4v) is 2.13. The molecule has 1 rings (SSSR count). The van der Waals surface area contributed by atoms with Crippen LogP contribution in [-0.4, -0.2) is 13.5 Å². The van der Waals surface area contributed by atoms with E-state index in [2.05, 4.69) is 15.9 Å². The van der Waals surface area contributed by atoms with Crippen molar-refractivity contribution in [3.63, 3.8) is 0 Å². The lowest BCUT2D eigenvalue weighted by Gasteiger charge is -2.02. The normalized spacial score (nSPS) is 11.6. The maximum Gasteiger partial charge on any atom is 0.265 e. The molecule has 0 saturated carbocycles. The summed E-state index contributed by atoms with van der Waals surface area (Å²) in [5, 5.41) is 9.16. The maximum absolute atomic E-state index is 12.7. The monoisotopic (exact) mass is 288 g/mol. The molecular weight excluding hydrogens is 286 g/mol. The van der Waals surface area contributed by atoms with Crippen LogP contribution in [0, 0.1) is 5.82 Å². The third-order valence-corrected chi connectivity index (χ3v) is 3.40. The highest BCUT2D eigenvalue weighted by Crippen LogP contribution is 2.34. The van der Waals surface area contributed by atoms with Gasteiger partial charge in [0.1, 0.15) is 10.7 Å². The number of aromatic hydroxyl groups is 1. The van der Waals surface area contributed by atoms with Crippen molar-refractivity contribution in [2.45, 2.75) is 4.90 Å². The molecule has 0 saturated heterocycles. The molecule has 3 nitrogen and oxygen atoms in total. The minimum absolute atomic E-state index is 0.325. The van der Waals surface area contributed by atoms with Crippen LogP contribution < -0.4 is 0 Å². The van der Waals surface area contributed by atoms with E-state index >= 15 is 0 Å². The average molecular weight is 290 g/mol. The third kappa shape index (κ3) is 2.12. The predicted octanol–water partition coefficient (Wildman–Crippen LogP) is 2.22. The summed E-state index contributed by atoms with van der Waals surface area (Å²) in [5.74, 6) is -1.49. The second kappa shape index (κ2) is 3.43. The molecule has 0 fully saturated rings. The Balaban J connectivity index is 3.53. The lowest BCUT2D eigenvalue weighted by Crippen LogP contribution is -1.93. The van der Waals surface area contributed by atoms with Gasteiger partial charge in [-0.15, -0.1) is 0 Å². The van der Waals surface area contributed by atoms with E-state index in [0.717, 1.165) is 12.1 Å². The lowest BCUT2D eigenvalue weighted by molar-refractivity contribution is 0.448. The minimum Gasteiger partial charge on any atom is -0.505 e. The van der Waals surface area contributed by atoms with E-state index in [1.54, 1.807) is 0 Å². The van der Waals surface area contributed by atoms with E-state index in [1.807, 2.05) is 0 Å². The van der Waals surface area contributed by atoms with E-state index in [4.69, 9.17) is 15.8 Å². The molecule has 1 aromatic carbocycles. The summed E-state index contributed by atoms with van der Waals surface area (Å²) in [6, 6.07) is 1.77. The number of phenolic OH excluding ortho intramolecular Hbond substituents is 1. The van der Waals surface area contributed by atoms with Gasteiger partial charge in [0.05, 0.1) is 4.47 Å². The van der Waals surface area contributed by atoms with E-state index in [9.17, 15) is 12.8 Å². The van der Waals surface area contributed by atoms with E-state index in [1.165, 1.54) is 0 Å². The first-order chi connectivity index (χ1) is 5.84. The van der Waals surface area contributed by atoms with Crippen molar-refractivity contribution in [2.75, 3.05) is 0 Å². The summed E-state index contributed by atoms with van der Waals surface area (Å²) in [7, 11) is 0.910. The first-order valence-corrected chi connectivity index (χ1v) is 6.06. The zero-order chi connectivity index (χ0) is 10.2. The van der Waals surface area contributed by atoms with Crippen LogP contribution in [0.15, 0.2) is 21.5 Å². The fourth-order valence-electron chi connectivity index (χ4n) is 0.719. The van der Waals surface area contributed by atoms with E-state index in [-0.39, 0.29) is 4.47 Å². The minimum atomic E-state index is -4.05. The van der Waals surface area contributed by atoms with Crippen molar-refractivity contribution in [1.82, 2.24) is 0 Å². The Hall–Kier alpha value is -0.330. The largest absolute Gasteiger partial charge is 0.505 e. The van der Waals surface area contributed by atoms with E-state index < -0.39 is 25.5 Å². The molecule has 1 N–H and O–H groups in total. The highest BCUT2D eigenvalue weighted by molar-refractivity contribution is 9.10. The van der Waals surface area contributed by atoms with Crippen molar-refractivity contribution < 1.29 is 17.9 Å². The molecule has 7 heteroatoms. The third-order valence-electron chi connectivity index (χ3n) is 1.29. The molecule has 0 aromatic heterocycles. The van der Waals surface area contributed by atoms with Gasteiger partial charge in [-0.25, -0.2) is 12.8 Å². The van der Waals surface area contributed by atoms with Gasteiger partial charge in [-0.05, 0) is 28.1 Å². The highest BCUT2D eigenvalue weighted by atomic mass is 79.9. The smallest absolute Gasteiger partial charge is 0.265 e. The van der Waals surface area contributed by atoms with Crippen LogP contribution in [0.2, 0.25) is 0 Å². The first kappa shape index (κ1) is 10.7. The molecule has 72 valence electrons. The zero-order valence-electron chi connectivity index (χ0n) is 5.96. The van der Waals surface area contributed by atoms with Gasteiger partial charge in [-0.3, -0.25) is 0 Å². The quantitative estimate of drug-likeness (QED) is 0.807. The number of phenols is 1. The van der Waals surface area contributed by atoms with Crippen molar-refractivity contribution in [3.8, 4) is 5.75 Å². The van der Waals surface area contributed by atoms with Gasteiger partial charge in [0.25, 0.3) is 9.05 Å². The second-order valence-electron chi connectivity index (χ2n) is 2.15. The van der Waals surface area contributed by atoms with Crippen LogP contribution in [-0.2, 0) is 9.05 Å². The Kier molecular flexibility index (Phi) is 2.84. The highest BCUT2D eigenvalue weighted by Gasteiger charge is 2.19. The van der Waals surface area contributed by atoms with Crippen LogP contribution in [0.1, 0.15) is 0 Å². The van der Waals surface area contributed by atoms with Gasteiger partial charge in [-0.2, -0.15) is 0 Å². The number of rotatable bonds is 1. The van der Waals surface area contributed by atoms with Crippen LogP contribution in [0.4, 0.5) is 4.39 Å².